The van der Waals surface area contributed by atoms with Crippen LogP contribution in [0.3, 0.4) is 0 Å². The number of likely N-dealkylation sites (N-methyl/N-ethyl adjacent to an activating group) is 1. The van der Waals surface area contributed by atoms with Crippen molar-refractivity contribution >= 4 is 0 Å². The van der Waals surface area contributed by atoms with Crippen LogP contribution in [0.5, 0.6) is 0 Å². The van der Waals surface area contributed by atoms with E-state index in [1.54, 1.807) is 7.05 Å². The summed E-state index contributed by atoms with van der Waals surface area (Å²) in [6, 6.07) is 3.02. The summed E-state index contributed by atoms with van der Waals surface area (Å²) in [7, 11) is 1.66. The van der Waals surface area contributed by atoms with Crippen LogP contribution < -0.4 is 5.32 Å². The Hall–Kier alpha value is -1.22. The van der Waals surface area contributed by atoms with Gasteiger partial charge < -0.3 is 5.32 Å². The molecular weight excluding hydrogens is 172 g/mol. The second-order valence-electron chi connectivity index (χ2n) is 2.67. The average molecular weight is 183 g/mol. The molecule has 1 unspecified atom stereocenters. The predicted octanol–water partition coefficient (Wildman–Crippen LogP) is 2.41. The van der Waals surface area contributed by atoms with Crippen LogP contribution in [0, 0.1) is 11.6 Å². The van der Waals surface area contributed by atoms with Gasteiger partial charge in [-0.3, -0.25) is 0 Å². The molecule has 1 aromatic rings. The Morgan fingerprint density at radius 1 is 1.46 bits per heavy atom. The van der Waals surface area contributed by atoms with Gasteiger partial charge in [-0.1, -0.05) is 6.08 Å². The minimum Gasteiger partial charge on any atom is -0.310 e. The van der Waals surface area contributed by atoms with E-state index in [2.05, 4.69) is 11.9 Å². The molecule has 0 spiro atoms. The van der Waals surface area contributed by atoms with E-state index in [9.17, 15) is 8.78 Å². The first-order chi connectivity index (χ1) is 6.19. The molecule has 0 bridgehead atoms. The molecule has 1 atom stereocenters. The number of halogens is 2. The Bertz CT molecular complexity index is 310. The monoisotopic (exact) mass is 183 g/mol. The number of nitrogens with one attached hydrogen (secondary N) is 1. The van der Waals surface area contributed by atoms with E-state index < -0.39 is 11.6 Å². The molecule has 0 aliphatic carbocycles. The van der Waals surface area contributed by atoms with Crippen LogP contribution in [0.4, 0.5) is 8.78 Å². The first-order valence-electron chi connectivity index (χ1n) is 3.93. The van der Waals surface area contributed by atoms with Crippen molar-refractivity contribution in [1.82, 2.24) is 5.32 Å². The van der Waals surface area contributed by atoms with E-state index in [-0.39, 0.29) is 11.6 Å². The Balaban J connectivity index is 3.10. The first kappa shape index (κ1) is 9.86. The topological polar surface area (TPSA) is 12.0 Å². The minimum absolute atomic E-state index is 0.275. The lowest BCUT2D eigenvalue weighted by atomic mass is 10.1. The van der Waals surface area contributed by atoms with Gasteiger partial charge >= 0.3 is 0 Å². The lowest BCUT2D eigenvalue weighted by molar-refractivity contribution is 0.563. The highest BCUT2D eigenvalue weighted by Gasteiger charge is 2.10. The van der Waals surface area contributed by atoms with Crippen molar-refractivity contribution in [3.8, 4) is 0 Å². The number of rotatable bonds is 3. The molecule has 70 valence electrons. The molecule has 3 heteroatoms. The molecule has 0 heterocycles. The zero-order valence-corrected chi connectivity index (χ0v) is 7.35. The second kappa shape index (κ2) is 4.14. The highest BCUT2D eigenvalue weighted by atomic mass is 19.1. The fraction of sp³-hybridized carbons (Fsp3) is 0.200. The van der Waals surface area contributed by atoms with Crippen molar-refractivity contribution in [1.29, 1.82) is 0 Å². The van der Waals surface area contributed by atoms with Gasteiger partial charge in [0.2, 0.25) is 0 Å². The zero-order chi connectivity index (χ0) is 9.84. The summed E-state index contributed by atoms with van der Waals surface area (Å²) in [4.78, 5) is 0. The van der Waals surface area contributed by atoms with Crippen molar-refractivity contribution in [2.24, 2.45) is 0 Å². The fourth-order valence-electron chi connectivity index (χ4n) is 1.15. The zero-order valence-electron chi connectivity index (χ0n) is 7.35. The maximum atomic E-state index is 13.1. The van der Waals surface area contributed by atoms with Crippen LogP contribution in [0.15, 0.2) is 30.9 Å². The third kappa shape index (κ3) is 2.12. The van der Waals surface area contributed by atoms with Crippen LogP contribution in [0.2, 0.25) is 0 Å². The minimum atomic E-state index is -0.446. The molecule has 0 aromatic heterocycles. The summed E-state index contributed by atoms with van der Waals surface area (Å²) >= 11 is 0. The van der Waals surface area contributed by atoms with Crippen molar-refractivity contribution < 1.29 is 8.78 Å². The quantitative estimate of drug-likeness (QED) is 0.709. The van der Waals surface area contributed by atoms with Gasteiger partial charge in [-0.15, -0.1) is 6.58 Å². The third-order valence-electron chi connectivity index (χ3n) is 1.84. The highest BCUT2D eigenvalue weighted by molar-refractivity contribution is 5.25. The molecule has 1 N–H and O–H groups in total. The lowest BCUT2D eigenvalue weighted by Crippen LogP contribution is -2.15. The van der Waals surface area contributed by atoms with Gasteiger partial charge in [-0.05, 0) is 25.2 Å². The van der Waals surface area contributed by atoms with Crippen LogP contribution in [0.1, 0.15) is 11.6 Å². The summed E-state index contributed by atoms with van der Waals surface area (Å²) in [5.41, 5.74) is 0.275. The molecule has 1 nitrogen and oxygen atoms in total. The molecule has 0 amide bonds. The van der Waals surface area contributed by atoms with Crippen molar-refractivity contribution in [2.45, 2.75) is 6.04 Å². The molecule has 0 aliphatic heterocycles. The maximum Gasteiger partial charge on any atom is 0.128 e. The lowest BCUT2D eigenvalue weighted by Gasteiger charge is -2.12. The van der Waals surface area contributed by atoms with Gasteiger partial charge in [0.15, 0.2) is 0 Å². The molecule has 0 saturated heterocycles. The summed E-state index contributed by atoms with van der Waals surface area (Å²) in [6.45, 7) is 3.53. The van der Waals surface area contributed by atoms with Crippen LogP contribution in [-0.4, -0.2) is 7.05 Å². The van der Waals surface area contributed by atoms with E-state index in [1.165, 1.54) is 6.08 Å². The second-order valence-corrected chi connectivity index (χ2v) is 2.67. The smallest absolute Gasteiger partial charge is 0.128 e. The molecule has 0 saturated carbocycles. The van der Waals surface area contributed by atoms with Gasteiger partial charge in [-0.25, -0.2) is 8.78 Å². The van der Waals surface area contributed by atoms with Gasteiger partial charge in [0.1, 0.15) is 11.6 Å². The van der Waals surface area contributed by atoms with E-state index in [4.69, 9.17) is 0 Å². The third-order valence-corrected chi connectivity index (χ3v) is 1.84. The van der Waals surface area contributed by atoms with Crippen molar-refractivity contribution in [3.05, 3.63) is 48.1 Å². The van der Waals surface area contributed by atoms with Gasteiger partial charge in [-0.2, -0.15) is 0 Å². The Kier molecular flexibility index (Phi) is 3.14. The largest absolute Gasteiger partial charge is 0.310 e. The normalized spacial score (nSPS) is 12.5. The van der Waals surface area contributed by atoms with E-state index >= 15 is 0 Å². The number of hydrogen-bond donors (Lipinski definition) is 1. The van der Waals surface area contributed by atoms with Gasteiger partial charge in [0.25, 0.3) is 0 Å². The predicted molar refractivity (Wildman–Crippen MR) is 48.4 cm³/mol. The Morgan fingerprint density at radius 3 is 2.69 bits per heavy atom. The van der Waals surface area contributed by atoms with Crippen molar-refractivity contribution in [2.75, 3.05) is 7.05 Å². The Morgan fingerprint density at radius 2 is 2.15 bits per heavy atom. The molecule has 13 heavy (non-hydrogen) atoms. The van der Waals surface area contributed by atoms with Crippen molar-refractivity contribution in [3.63, 3.8) is 0 Å². The summed E-state index contributed by atoms with van der Waals surface area (Å²) in [5.74, 6) is -0.876. The van der Waals surface area contributed by atoms with E-state index in [1.807, 2.05) is 0 Å². The highest BCUT2D eigenvalue weighted by Crippen LogP contribution is 2.18. The van der Waals surface area contributed by atoms with E-state index in [0.29, 0.717) is 0 Å². The van der Waals surface area contributed by atoms with Crippen LogP contribution >= 0.6 is 0 Å². The van der Waals surface area contributed by atoms with Gasteiger partial charge in [0, 0.05) is 5.56 Å². The summed E-state index contributed by atoms with van der Waals surface area (Å²) in [6.07, 6.45) is 1.53. The average Bonchev–Trinajstić information content (AvgIpc) is 2.13. The van der Waals surface area contributed by atoms with E-state index in [0.717, 1.165) is 18.2 Å². The number of benzene rings is 1. The first-order valence-corrected chi connectivity index (χ1v) is 3.93. The fourth-order valence-corrected chi connectivity index (χ4v) is 1.15. The Labute approximate surface area is 76.1 Å². The molecule has 1 rings (SSSR count). The summed E-state index contributed by atoms with van der Waals surface area (Å²) in [5, 5.41) is 2.81. The van der Waals surface area contributed by atoms with Crippen LogP contribution in [-0.2, 0) is 0 Å². The standard InChI is InChI=1S/C10H11F2N/c1-3-10(13-2)8-6-7(11)4-5-9(8)12/h3-6,10,13H,1H2,2H3. The molecule has 0 radical (unpaired) electrons. The maximum absolute atomic E-state index is 13.1. The molecular formula is C10H11F2N. The summed E-state index contributed by atoms with van der Waals surface area (Å²) < 4.78 is 25.9. The molecule has 1 aromatic carbocycles. The number of hydrogen-bond acceptors (Lipinski definition) is 1. The van der Waals surface area contributed by atoms with Crippen LogP contribution in [0.25, 0.3) is 0 Å². The molecule has 0 fully saturated rings. The SMILES string of the molecule is C=CC(NC)c1cc(F)ccc1F. The molecule has 0 aliphatic rings. The van der Waals surface area contributed by atoms with Gasteiger partial charge in [0.05, 0.1) is 6.04 Å².